The van der Waals surface area contributed by atoms with Gasteiger partial charge >= 0.3 is 0 Å². The number of nitrogens with zero attached hydrogens (tertiary/aromatic N) is 6. The molecular formula is C78H72N6. The molecule has 0 aliphatic rings. The Bertz CT molecular complexity index is 4380. The van der Waals surface area contributed by atoms with Gasteiger partial charge in [0.05, 0.1) is 33.4 Å². The van der Waals surface area contributed by atoms with Crippen LogP contribution < -0.4 is 0 Å². The average molecular weight is 1090 g/mol. The van der Waals surface area contributed by atoms with Crippen LogP contribution in [0.2, 0.25) is 0 Å². The van der Waals surface area contributed by atoms with Gasteiger partial charge in [0.2, 0.25) is 0 Å². The highest BCUT2D eigenvalue weighted by Crippen LogP contribution is 2.45. The highest BCUT2D eigenvalue weighted by atomic mass is 15.0. The zero-order chi connectivity index (χ0) is 58.5. The summed E-state index contributed by atoms with van der Waals surface area (Å²) in [5.41, 5.74) is 20.3. The van der Waals surface area contributed by atoms with E-state index in [0.717, 1.165) is 72.4 Å². The van der Waals surface area contributed by atoms with Crippen molar-refractivity contribution in [2.24, 2.45) is 0 Å². The maximum atomic E-state index is 5.60. The van der Waals surface area contributed by atoms with E-state index >= 15 is 0 Å². The van der Waals surface area contributed by atoms with Gasteiger partial charge in [-0.15, -0.1) is 0 Å². The lowest BCUT2D eigenvalue weighted by Crippen LogP contribution is -2.17. The Morgan fingerprint density at radius 1 is 0.274 bits per heavy atom. The van der Waals surface area contributed by atoms with E-state index in [9.17, 15) is 0 Å². The monoisotopic (exact) mass is 1090 g/mol. The first kappa shape index (κ1) is 54.0. The summed E-state index contributed by atoms with van der Waals surface area (Å²) in [6, 6.07) is 75.6. The van der Waals surface area contributed by atoms with Crippen molar-refractivity contribution in [1.29, 1.82) is 0 Å². The van der Waals surface area contributed by atoms with Crippen LogP contribution in [0.5, 0.6) is 0 Å². The van der Waals surface area contributed by atoms with Crippen LogP contribution >= 0.6 is 0 Å². The summed E-state index contributed by atoms with van der Waals surface area (Å²) in [6.45, 7) is 27.4. The molecule has 0 radical (unpaired) electrons. The number of fused-ring (bicyclic) bond motifs is 6. The molecule has 0 N–H and O–H groups in total. The maximum absolute atomic E-state index is 5.60. The molecule has 13 aromatic rings. The Balaban J connectivity index is 1.13. The lowest BCUT2D eigenvalue weighted by molar-refractivity contribution is 0.568. The topological polar surface area (TPSA) is 61.4 Å². The molecule has 414 valence electrons. The zero-order valence-corrected chi connectivity index (χ0v) is 50.5. The predicted octanol–water partition coefficient (Wildman–Crippen LogP) is 20.7. The molecule has 13 rings (SSSR count). The van der Waals surface area contributed by atoms with Crippen molar-refractivity contribution in [2.45, 2.75) is 105 Å². The van der Waals surface area contributed by atoms with Crippen molar-refractivity contribution < 1.29 is 0 Å². The molecule has 6 nitrogen and oxygen atoms in total. The summed E-state index contributed by atoms with van der Waals surface area (Å²) in [6.07, 6.45) is 3.96. The molecule has 9 aromatic carbocycles. The third-order valence-corrected chi connectivity index (χ3v) is 16.9. The Morgan fingerprint density at radius 3 is 1.07 bits per heavy atom. The lowest BCUT2D eigenvalue weighted by Gasteiger charge is -2.26. The Labute approximate surface area is 494 Å². The van der Waals surface area contributed by atoms with Crippen LogP contribution in [-0.2, 0) is 21.7 Å². The SMILES string of the molecule is CC(C)(C)c1cc(-c2nc(-c3cc(C(C)(C)C)cc(C(C)(C)C)c3)nc(-c3ccc(-n4c5ccc(-c6ccccc6)cc5c5cc(-c6ccccc6)ccc54)c(-c4cnccc4-n4c5ccccc5c5ccccc54)c3)n2)cc(C(C)(C)C)c1. The minimum absolute atomic E-state index is 0.126. The van der Waals surface area contributed by atoms with Crippen LogP contribution in [0.25, 0.3) is 123 Å². The van der Waals surface area contributed by atoms with E-state index in [4.69, 9.17) is 19.9 Å². The van der Waals surface area contributed by atoms with Crippen LogP contribution in [0.1, 0.15) is 105 Å². The summed E-state index contributed by atoms with van der Waals surface area (Å²) >= 11 is 0. The third-order valence-electron chi connectivity index (χ3n) is 16.9. The number of rotatable bonds is 8. The highest BCUT2D eigenvalue weighted by Gasteiger charge is 2.27. The van der Waals surface area contributed by atoms with Gasteiger partial charge < -0.3 is 9.13 Å². The molecule has 0 saturated carbocycles. The van der Waals surface area contributed by atoms with Crippen molar-refractivity contribution in [1.82, 2.24) is 29.1 Å². The van der Waals surface area contributed by atoms with Crippen LogP contribution in [0.4, 0.5) is 0 Å². The molecule has 6 heteroatoms. The van der Waals surface area contributed by atoms with Gasteiger partial charge in [0.25, 0.3) is 0 Å². The number of hydrogen-bond donors (Lipinski definition) is 0. The molecule has 0 aliphatic heterocycles. The first-order chi connectivity index (χ1) is 40.2. The lowest BCUT2D eigenvalue weighted by atomic mass is 9.79. The molecule has 0 unspecified atom stereocenters. The van der Waals surface area contributed by atoms with Crippen LogP contribution in [0.3, 0.4) is 0 Å². The van der Waals surface area contributed by atoms with Gasteiger partial charge in [-0.2, -0.15) is 0 Å². The fraction of sp³-hybridized carbons (Fsp3) is 0.205. The third kappa shape index (κ3) is 9.87. The van der Waals surface area contributed by atoms with Gasteiger partial charge in [-0.1, -0.05) is 204 Å². The van der Waals surface area contributed by atoms with E-state index in [1.165, 1.54) is 54.9 Å². The molecule has 0 bridgehead atoms. The minimum Gasteiger partial charge on any atom is -0.309 e. The molecule has 84 heavy (non-hydrogen) atoms. The molecule has 0 amide bonds. The zero-order valence-electron chi connectivity index (χ0n) is 50.5. The second-order valence-electron chi connectivity index (χ2n) is 26.9. The fourth-order valence-electron chi connectivity index (χ4n) is 12.0. The first-order valence-electron chi connectivity index (χ1n) is 29.5. The number of hydrogen-bond acceptors (Lipinski definition) is 4. The van der Waals surface area contributed by atoms with E-state index in [-0.39, 0.29) is 21.7 Å². The summed E-state index contributed by atoms with van der Waals surface area (Å²) in [7, 11) is 0. The molecular weight excluding hydrogens is 1020 g/mol. The number of aromatic nitrogens is 6. The molecule has 4 heterocycles. The van der Waals surface area contributed by atoms with E-state index in [1.807, 2.05) is 12.4 Å². The summed E-state index contributed by atoms with van der Waals surface area (Å²) in [5, 5.41) is 4.71. The van der Waals surface area contributed by atoms with E-state index in [0.29, 0.717) is 17.5 Å². The molecule has 0 spiro atoms. The largest absolute Gasteiger partial charge is 0.309 e. The first-order valence-corrected chi connectivity index (χ1v) is 29.5. The van der Waals surface area contributed by atoms with Gasteiger partial charge in [-0.3, -0.25) is 4.98 Å². The molecule has 0 atom stereocenters. The van der Waals surface area contributed by atoms with Crippen molar-refractivity contribution in [3.05, 3.63) is 241 Å². The van der Waals surface area contributed by atoms with Gasteiger partial charge in [0.15, 0.2) is 17.5 Å². The Morgan fingerprint density at radius 2 is 0.643 bits per heavy atom. The predicted molar refractivity (Wildman–Crippen MR) is 354 cm³/mol. The number of benzene rings is 9. The molecule has 0 aliphatic carbocycles. The normalized spacial score (nSPS) is 12.5. The Kier molecular flexibility index (Phi) is 13.0. The van der Waals surface area contributed by atoms with Crippen molar-refractivity contribution in [2.75, 3.05) is 0 Å². The highest BCUT2D eigenvalue weighted by molar-refractivity contribution is 6.13. The average Bonchev–Trinajstić information content (AvgIpc) is 1.95. The van der Waals surface area contributed by atoms with Gasteiger partial charge in [0, 0.05) is 61.8 Å². The van der Waals surface area contributed by atoms with Gasteiger partial charge in [-0.25, -0.2) is 15.0 Å². The second kappa shape index (κ2) is 20.3. The smallest absolute Gasteiger partial charge is 0.164 e. The van der Waals surface area contributed by atoms with Crippen molar-refractivity contribution >= 4 is 43.6 Å². The van der Waals surface area contributed by atoms with E-state index in [1.54, 1.807) is 0 Å². The van der Waals surface area contributed by atoms with Crippen molar-refractivity contribution in [3.8, 4) is 78.9 Å². The van der Waals surface area contributed by atoms with Crippen LogP contribution in [0, 0.1) is 0 Å². The quantitative estimate of drug-likeness (QED) is 0.152. The molecule has 0 fully saturated rings. The molecule has 0 saturated heterocycles. The number of pyridine rings is 1. The molecule has 4 aromatic heterocycles. The maximum Gasteiger partial charge on any atom is 0.164 e. The second-order valence-corrected chi connectivity index (χ2v) is 26.9. The summed E-state index contributed by atoms with van der Waals surface area (Å²) in [5.74, 6) is 1.85. The number of para-hydroxylation sites is 2. The van der Waals surface area contributed by atoms with Gasteiger partial charge in [-0.05, 0) is 151 Å². The minimum atomic E-state index is -0.126. The summed E-state index contributed by atoms with van der Waals surface area (Å²) < 4.78 is 4.86. The summed E-state index contributed by atoms with van der Waals surface area (Å²) in [4.78, 5) is 21.7. The fourth-order valence-corrected chi connectivity index (χ4v) is 12.0. The van der Waals surface area contributed by atoms with E-state index in [2.05, 4.69) is 298 Å². The van der Waals surface area contributed by atoms with Crippen molar-refractivity contribution in [3.63, 3.8) is 0 Å². The standard InChI is InChI=1S/C78H72N6/c1-75(2,3)56-39-54(40-57(46-56)76(4,5)6)73-80-72(81-74(82-73)55-41-58(77(7,8)9)47-59(42-55)78(10,11)12)53-33-36-70(64(45-53)65-48-79-38-37-71(65)83-66-29-21-19-27-60(66)61-28-20-22-30-67(61)83)84-68-34-31-51(49-23-15-13-16-24-49)43-62(68)63-44-52(32-35-69(63)84)50-25-17-14-18-26-50/h13-48H,1-12H3. The van der Waals surface area contributed by atoms with Crippen LogP contribution in [0.15, 0.2) is 219 Å². The van der Waals surface area contributed by atoms with Crippen LogP contribution in [-0.4, -0.2) is 29.1 Å². The van der Waals surface area contributed by atoms with Gasteiger partial charge in [0.1, 0.15) is 0 Å². The Hall–Kier alpha value is -9.26. The van der Waals surface area contributed by atoms with E-state index < -0.39 is 0 Å².